The summed E-state index contributed by atoms with van der Waals surface area (Å²) in [7, 11) is 0. The van der Waals surface area contributed by atoms with Crippen LogP contribution in [-0.4, -0.2) is 31.2 Å². The van der Waals surface area contributed by atoms with Crippen molar-refractivity contribution in [2.24, 2.45) is 11.8 Å². The number of ether oxygens (including phenoxy) is 1. The molecule has 10 heteroatoms. The Morgan fingerprint density at radius 3 is 1.47 bits per heavy atom. The summed E-state index contributed by atoms with van der Waals surface area (Å²) in [5, 5.41) is 0. The van der Waals surface area contributed by atoms with Gasteiger partial charge in [-0.25, -0.2) is 0 Å². The van der Waals surface area contributed by atoms with Gasteiger partial charge in [0.2, 0.25) is 0 Å². The minimum absolute atomic E-state index is 1.64. The normalized spacial score (nSPS) is 31.9. The van der Waals surface area contributed by atoms with E-state index in [1.54, 1.807) is 0 Å². The lowest BCUT2D eigenvalue weighted by molar-refractivity contribution is -0.281. The van der Waals surface area contributed by atoms with Gasteiger partial charge in [-0.1, -0.05) is 0 Å². The predicted molar refractivity (Wildman–Crippen MR) is 34.9 cm³/mol. The molecule has 1 heterocycles. The van der Waals surface area contributed by atoms with Gasteiger partial charge in [-0.15, -0.1) is 0 Å². The van der Waals surface area contributed by atoms with Gasteiger partial charge in [0.25, 0.3) is 0 Å². The van der Waals surface area contributed by atoms with Crippen LogP contribution in [-0.2, 0) is 4.74 Å². The molecule has 3 unspecified atom stereocenters. The molecule has 0 saturated carbocycles. The first-order valence-electron chi connectivity index (χ1n) is 4.17. The minimum atomic E-state index is -5.63. The molecule has 0 aromatic carbocycles. The molecule has 1 aliphatic rings. The number of hydrogen-bond acceptors (Lipinski definition) is 1. The molecule has 3 atom stereocenters. The van der Waals surface area contributed by atoms with Crippen LogP contribution in [0.1, 0.15) is 0 Å². The zero-order valence-corrected chi connectivity index (χ0v) is 7.75. The van der Waals surface area contributed by atoms with Gasteiger partial charge < -0.3 is 4.74 Å². The summed E-state index contributed by atoms with van der Waals surface area (Å²) in [6.07, 6.45) is -20.0. The Morgan fingerprint density at radius 1 is 0.706 bits per heavy atom. The van der Waals surface area contributed by atoms with E-state index in [2.05, 4.69) is 4.74 Å². The molecule has 1 fully saturated rings. The molecule has 0 bridgehead atoms. The van der Waals surface area contributed by atoms with Crippen molar-refractivity contribution in [3.63, 3.8) is 0 Å². The molecule has 1 saturated heterocycles. The fourth-order valence-electron chi connectivity index (χ4n) is 1.62. The van der Waals surface area contributed by atoms with Crippen molar-refractivity contribution in [3.8, 4) is 0 Å². The average molecular weight is 276 g/mol. The Balaban J connectivity index is 3.08. The van der Waals surface area contributed by atoms with Gasteiger partial charge in [-0.2, -0.15) is 39.5 Å². The standard InChI is InChI=1S/C7H5F9O/c8-5(9,10)2-1-17-4(7(14,15)16)3(2)6(11,12)13/h2-4H,1H2. The monoisotopic (exact) mass is 276 g/mol. The Morgan fingerprint density at radius 2 is 1.18 bits per heavy atom. The van der Waals surface area contributed by atoms with Crippen molar-refractivity contribution >= 4 is 0 Å². The third kappa shape index (κ3) is 2.96. The third-order valence-corrected chi connectivity index (χ3v) is 2.34. The van der Waals surface area contributed by atoms with Gasteiger partial charge in [0.05, 0.1) is 12.5 Å². The molecule has 0 N–H and O–H groups in total. The van der Waals surface area contributed by atoms with E-state index in [0.29, 0.717) is 0 Å². The summed E-state index contributed by atoms with van der Waals surface area (Å²) in [6.45, 7) is -1.64. The van der Waals surface area contributed by atoms with E-state index < -0.39 is 43.1 Å². The second kappa shape index (κ2) is 3.92. The highest BCUT2D eigenvalue weighted by Gasteiger charge is 2.67. The van der Waals surface area contributed by atoms with Gasteiger partial charge in [0.1, 0.15) is 5.92 Å². The lowest BCUT2D eigenvalue weighted by Crippen LogP contribution is -2.46. The van der Waals surface area contributed by atoms with Gasteiger partial charge in [-0.3, -0.25) is 0 Å². The Labute approximate surface area is 88.5 Å². The second-order valence-corrected chi connectivity index (χ2v) is 3.51. The van der Waals surface area contributed by atoms with Crippen molar-refractivity contribution in [2.45, 2.75) is 24.6 Å². The quantitative estimate of drug-likeness (QED) is 0.617. The molecule has 17 heavy (non-hydrogen) atoms. The summed E-state index contributed by atoms with van der Waals surface area (Å²) < 4.78 is 113. The zero-order chi connectivity index (χ0) is 13.6. The second-order valence-electron chi connectivity index (χ2n) is 3.51. The summed E-state index contributed by atoms with van der Waals surface area (Å²) >= 11 is 0. The molecule has 0 radical (unpaired) electrons. The first-order chi connectivity index (χ1) is 7.35. The van der Waals surface area contributed by atoms with Crippen molar-refractivity contribution in [3.05, 3.63) is 0 Å². The number of rotatable bonds is 0. The van der Waals surface area contributed by atoms with Crippen LogP contribution in [0.2, 0.25) is 0 Å². The average Bonchev–Trinajstić information content (AvgIpc) is 2.42. The Kier molecular flexibility index (Phi) is 3.32. The fraction of sp³-hybridized carbons (Fsp3) is 1.00. The van der Waals surface area contributed by atoms with Crippen LogP contribution in [0, 0.1) is 11.8 Å². The van der Waals surface area contributed by atoms with E-state index in [9.17, 15) is 39.5 Å². The SMILES string of the molecule is FC(F)(F)C1COC(C(F)(F)F)C1C(F)(F)F. The number of halogens is 9. The molecular formula is C7H5F9O. The molecule has 0 amide bonds. The molecule has 1 rings (SSSR count). The molecular weight excluding hydrogens is 271 g/mol. The van der Waals surface area contributed by atoms with Gasteiger partial charge >= 0.3 is 18.5 Å². The fourth-order valence-corrected chi connectivity index (χ4v) is 1.62. The van der Waals surface area contributed by atoms with E-state index in [-0.39, 0.29) is 0 Å². The Bertz CT molecular complexity index is 253. The summed E-state index contributed by atoms with van der Waals surface area (Å²) in [4.78, 5) is 0. The van der Waals surface area contributed by atoms with E-state index in [0.717, 1.165) is 0 Å². The van der Waals surface area contributed by atoms with Gasteiger partial charge in [0, 0.05) is 0 Å². The summed E-state index contributed by atoms with van der Waals surface area (Å²) in [6, 6.07) is 0. The lowest BCUT2D eigenvalue weighted by Gasteiger charge is -2.27. The highest BCUT2D eigenvalue weighted by atomic mass is 19.4. The van der Waals surface area contributed by atoms with E-state index in [1.807, 2.05) is 0 Å². The minimum Gasteiger partial charge on any atom is -0.367 e. The maximum Gasteiger partial charge on any atom is 0.415 e. The van der Waals surface area contributed by atoms with Crippen LogP contribution < -0.4 is 0 Å². The van der Waals surface area contributed by atoms with Crippen LogP contribution in [0.4, 0.5) is 39.5 Å². The highest BCUT2D eigenvalue weighted by Crippen LogP contribution is 2.51. The first kappa shape index (κ1) is 14.4. The molecule has 0 aromatic rings. The van der Waals surface area contributed by atoms with Crippen LogP contribution in [0.15, 0.2) is 0 Å². The van der Waals surface area contributed by atoms with E-state index >= 15 is 0 Å². The van der Waals surface area contributed by atoms with Crippen molar-refractivity contribution in [2.75, 3.05) is 6.61 Å². The third-order valence-electron chi connectivity index (χ3n) is 2.34. The molecule has 0 aromatic heterocycles. The maximum absolute atomic E-state index is 12.2. The molecule has 1 nitrogen and oxygen atoms in total. The molecule has 1 aliphatic heterocycles. The smallest absolute Gasteiger partial charge is 0.367 e. The van der Waals surface area contributed by atoms with Crippen LogP contribution in [0.25, 0.3) is 0 Å². The van der Waals surface area contributed by atoms with Gasteiger partial charge in [-0.05, 0) is 0 Å². The van der Waals surface area contributed by atoms with Crippen molar-refractivity contribution in [1.82, 2.24) is 0 Å². The van der Waals surface area contributed by atoms with Gasteiger partial charge in [0.15, 0.2) is 6.10 Å². The van der Waals surface area contributed by atoms with Crippen molar-refractivity contribution in [1.29, 1.82) is 0 Å². The maximum atomic E-state index is 12.2. The molecule has 0 aliphatic carbocycles. The predicted octanol–water partition coefficient (Wildman–Crippen LogP) is 3.30. The number of alkyl halides is 9. The summed E-state index contributed by atoms with van der Waals surface area (Å²) in [5.74, 6) is -6.79. The topological polar surface area (TPSA) is 9.23 Å². The van der Waals surface area contributed by atoms with Crippen LogP contribution in [0.3, 0.4) is 0 Å². The van der Waals surface area contributed by atoms with Crippen LogP contribution in [0.5, 0.6) is 0 Å². The lowest BCUT2D eigenvalue weighted by atomic mass is 9.89. The van der Waals surface area contributed by atoms with E-state index in [4.69, 9.17) is 0 Å². The largest absolute Gasteiger partial charge is 0.415 e. The molecule has 102 valence electrons. The van der Waals surface area contributed by atoms with E-state index in [1.165, 1.54) is 0 Å². The first-order valence-corrected chi connectivity index (χ1v) is 4.17. The summed E-state index contributed by atoms with van der Waals surface area (Å²) in [5.41, 5.74) is 0. The highest BCUT2D eigenvalue weighted by molar-refractivity contribution is 4.95. The number of hydrogen-bond donors (Lipinski definition) is 0. The molecule has 0 spiro atoms. The van der Waals surface area contributed by atoms with Crippen LogP contribution >= 0.6 is 0 Å². The zero-order valence-electron chi connectivity index (χ0n) is 7.75. The van der Waals surface area contributed by atoms with Crippen molar-refractivity contribution < 1.29 is 44.3 Å². The Hall–Kier alpha value is -0.670.